The Balaban J connectivity index is 2.84. The number of aryl methyl sites for hydroxylation is 2. The molecule has 0 aromatic heterocycles. The van der Waals surface area contributed by atoms with Crippen LogP contribution in [0.4, 0.5) is 0 Å². The topological polar surface area (TPSA) is 26.0 Å². The Morgan fingerprint density at radius 1 is 1.23 bits per heavy atom. The third kappa shape index (κ3) is 2.56. The Kier molecular flexibility index (Phi) is 3.49. The Hall–Kier alpha value is -0.820. The highest BCUT2D eigenvalue weighted by molar-refractivity contribution is 5.31. The minimum absolute atomic E-state index is 0.212. The van der Waals surface area contributed by atoms with Crippen LogP contribution < -0.4 is 5.73 Å². The second kappa shape index (κ2) is 4.43. The van der Waals surface area contributed by atoms with Gasteiger partial charge >= 0.3 is 0 Å². The molecule has 0 heterocycles. The maximum Gasteiger partial charge on any atom is 0.0294 e. The summed E-state index contributed by atoms with van der Waals surface area (Å²) in [5.41, 5.74) is 9.97. The summed E-state index contributed by atoms with van der Waals surface area (Å²) in [6, 6.07) is 6.71. The molecule has 1 heteroatoms. The van der Waals surface area contributed by atoms with Crippen molar-refractivity contribution in [1.29, 1.82) is 0 Å². The first kappa shape index (κ1) is 10.3. The van der Waals surface area contributed by atoms with Gasteiger partial charge in [-0.2, -0.15) is 0 Å². The Morgan fingerprint density at radius 2 is 1.92 bits per heavy atom. The van der Waals surface area contributed by atoms with Gasteiger partial charge in [-0.1, -0.05) is 31.5 Å². The average Bonchev–Trinajstić information content (AvgIpc) is 2.10. The van der Waals surface area contributed by atoms with E-state index in [-0.39, 0.29) is 6.04 Å². The summed E-state index contributed by atoms with van der Waals surface area (Å²) in [6.45, 7) is 6.43. The van der Waals surface area contributed by atoms with Crippen LogP contribution in [0.1, 0.15) is 42.5 Å². The molecule has 0 unspecified atom stereocenters. The van der Waals surface area contributed by atoms with E-state index in [1.165, 1.54) is 16.7 Å². The van der Waals surface area contributed by atoms with Crippen LogP contribution in [0, 0.1) is 13.8 Å². The molecule has 0 aliphatic heterocycles. The standard InChI is InChI=1S/C12H19N/c1-4-5-12(13)11-7-6-9(2)10(3)8-11/h6-8,12H,4-5,13H2,1-3H3/t12-/m0/s1. The Bertz CT molecular complexity index is 278. The Morgan fingerprint density at radius 3 is 2.46 bits per heavy atom. The summed E-state index contributed by atoms with van der Waals surface area (Å²) in [6.07, 6.45) is 2.22. The van der Waals surface area contributed by atoms with Crippen molar-refractivity contribution in [3.05, 3.63) is 34.9 Å². The molecular formula is C12H19N. The van der Waals surface area contributed by atoms with E-state index in [0.717, 1.165) is 12.8 Å². The number of hydrogen-bond acceptors (Lipinski definition) is 1. The van der Waals surface area contributed by atoms with E-state index in [1.807, 2.05) is 0 Å². The molecule has 1 aromatic rings. The number of benzene rings is 1. The third-order valence-corrected chi connectivity index (χ3v) is 2.56. The largest absolute Gasteiger partial charge is 0.324 e. The van der Waals surface area contributed by atoms with Gasteiger partial charge < -0.3 is 5.73 Å². The molecule has 1 aromatic carbocycles. The minimum atomic E-state index is 0.212. The average molecular weight is 177 g/mol. The molecule has 72 valence electrons. The van der Waals surface area contributed by atoms with Gasteiger partial charge in [-0.15, -0.1) is 0 Å². The molecule has 13 heavy (non-hydrogen) atoms. The first-order valence-corrected chi connectivity index (χ1v) is 4.98. The molecule has 1 atom stereocenters. The zero-order valence-corrected chi connectivity index (χ0v) is 8.80. The quantitative estimate of drug-likeness (QED) is 0.754. The van der Waals surface area contributed by atoms with Crippen LogP contribution in [0.25, 0.3) is 0 Å². The fourth-order valence-corrected chi connectivity index (χ4v) is 1.47. The molecule has 0 radical (unpaired) electrons. The van der Waals surface area contributed by atoms with Crippen molar-refractivity contribution in [2.45, 2.75) is 39.7 Å². The van der Waals surface area contributed by atoms with Gasteiger partial charge in [0.25, 0.3) is 0 Å². The van der Waals surface area contributed by atoms with Crippen LogP contribution in [-0.2, 0) is 0 Å². The summed E-state index contributed by atoms with van der Waals surface area (Å²) in [5, 5.41) is 0. The highest BCUT2D eigenvalue weighted by Crippen LogP contribution is 2.18. The van der Waals surface area contributed by atoms with Crippen molar-refractivity contribution < 1.29 is 0 Å². The zero-order valence-electron chi connectivity index (χ0n) is 8.80. The van der Waals surface area contributed by atoms with Crippen molar-refractivity contribution in [1.82, 2.24) is 0 Å². The highest BCUT2D eigenvalue weighted by Gasteiger charge is 2.04. The molecular weight excluding hydrogens is 158 g/mol. The highest BCUT2D eigenvalue weighted by atomic mass is 14.6. The van der Waals surface area contributed by atoms with E-state index in [9.17, 15) is 0 Å². The molecule has 0 spiro atoms. The zero-order chi connectivity index (χ0) is 9.84. The molecule has 0 aliphatic rings. The smallest absolute Gasteiger partial charge is 0.0294 e. The van der Waals surface area contributed by atoms with E-state index in [0.29, 0.717) is 0 Å². The van der Waals surface area contributed by atoms with E-state index >= 15 is 0 Å². The summed E-state index contributed by atoms with van der Waals surface area (Å²) in [5.74, 6) is 0. The van der Waals surface area contributed by atoms with Crippen LogP contribution in [-0.4, -0.2) is 0 Å². The normalized spacial score (nSPS) is 12.9. The molecule has 0 saturated heterocycles. The molecule has 0 aliphatic carbocycles. The maximum absolute atomic E-state index is 6.02. The van der Waals surface area contributed by atoms with Crippen molar-refractivity contribution in [2.75, 3.05) is 0 Å². The lowest BCUT2D eigenvalue weighted by Gasteiger charge is -2.12. The number of rotatable bonds is 3. The van der Waals surface area contributed by atoms with Crippen molar-refractivity contribution in [3.8, 4) is 0 Å². The molecule has 0 amide bonds. The first-order valence-electron chi connectivity index (χ1n) is 4.98. The molecule has 1 nitrogen and oxygen atoms in total. The van der Waals surface area contributed by atoms with Gasteiger partial charge in [-0.3, -0.25) is 0 Å². The van der Waals surface area contributed by atoms with Crippen LogP contribution >= 0.6 is 0 Å². The van der Waals surface area contributed by atoms with Crippen LogP contribution in [0.5, 0.6) is 0 Å². The fraction of sp³-hybridized carbons (Fsp3) is 0.500. The monoisotopic (exact) mass is 177 g/mol. The summed E-state index contributed by atoms with van der Waals surface area (Å²) in [7, 11) is 0. The summed E-state index contributed by atoms with van der Waals surface area (Å²) in [4.78, 5) is 0. The lowest BCUT2D eigenvalue weighted by Crippen LogP contribution is -2.09. The van der Waals surface area contributed by atoms with Gasteiger partial charge in [-0.25, -0.2) is 0 Å². The van der Waals surface area contributed by atoms with Crippen LogP contribution in [0.15, 0.2) is 18.2 Å². The first-order chi connectivity index (χ1) is 6.15. The van der Waals surface area contributed by atoms with Crippen molar-refractivity contribution in [3.63, 3.8) is 0 Å². The predicted molar refractivity (Wildman–Crippen MR) is 57.8 cm³/mol. The maximum atomic E-state index is 6.02. The van der Waals surface area contributed by atoms with Crippen LogP contribution in [0.3, 0.4) is 0 Å². The molecule has 0 bridgehead atoms. The molecule has 0 saturated carbocycles. The second-order valence-corrected chi connectivity index (χ2v) is 3.74. The predicted octanol–water partition coefficient (Wildman–Crippen LogP) is 3.10. The van der Waals surface area contributed by atoms with E-state index in [2.05, 4.69) is 39.0 Å². The fourth-order valence-electron chi connectivity index (χ4n) is 1.47. The second-order valence-electron chi connectivity index (χ2n) is 3.74. The number of nitrogens with two attached hydrogens (primary N) is 1. The lowest BCUT2D eigenvalue weighted by atomic mass is 9.99. The minimum Gasteiger partial charge on any atom is -0.324 e. The molecule has 2 N–H and O–H groups in total. The van der Waals surface area contributed by atoms with E-state index < -0.39 is 0 Å². The summed E-state index contributed by atoms with van der Waals surface area (Å²) >= 11 is 0. The lowest BCUT2D eigenvalue weighted by molar-refractivity contribution is 0.638. The SMILES string of the molecule is CCC[C@H](N)c1ccc(C)c(C)c1. The molecule has 0 fully saturated rings. The Labute approximate surface area is 81.0 Å². The molecule has 1 rings (SSSR count). The van der Waals surface area contributed by atoms with E-state index in [1.54, 1.807) is 0 Å². The van der Waals surface area contributed by atoms with Gasteiger partial charge in [0, 0.05) is 6.04 Å². The van der Waals surface area contributed by atoms with Gasteiger partial charge in [0.2, 0.25) is 0 Å². The van der Waals surface area contributed by atoms with Gasteiger partial charge in [0.15, 0.2) is 0 Å². The number of hydrogen-bond donors (Lipinski definition) is 1. The van der Waals surface area contributed by atoms with Gasteiger partial charge in [0.1, 0.15) is 0 Å². The van der Waals surface area contributed by atoms with Crippen molar-refractivity contribution in [2.24, 2.45) is 5.73 Å². The van der Waals surface area contributed by atoms with Gasteiger partial charge in [0.05, 0.1) is 0 Å². The third-order valence-electron chi connectivity index (χ3n) is 2.56. The van der Waals surface area contributed by atoms with E-state index in [4.69, 9.17) is 5.73 Å². The van der Waals surface area contributed by atoms with Crippen LogP contribution in [0.2, 0.25) is 0 Å². The van der Waals surface area contributed by atoms with Crippen molar-refractivity contribution >= 4 is 0 Å². The summed E-state index contributed by atoms with van der Waals surface area (Å²) < 4.78 is 0. The van der Waals surface area contributed by atoms with Gasteiger partial charge in [-0.05, 0) is 37.0 Å².